The van der Waals surface area contributed by atoms with Gasteiger partial charge in [-0.1, -0.05) is 12.8 Å². The third-order valence-electron chi connectivity index (χ3n) is 2.55. The molecule has 4 nitrogen and oxygen atoms in total. The van der Waals surface area contributed by atoms with E-state index < -0.39 is 18.0 Å². The highest BCUT2D eigenvalue weighted by Crippen LogP contribution is 2.18. The predicted octanol–water partition coefficient (Wildman–Crippen LogP) is 0.379. The molecule has 0 aromatic heterocycles. The minimum absolute atomic E-state index is 0.372. The van der Waals surface area contributed by atoms with Gasteiger partial charge >= 0.3 is 0 Å². The van der Waals surface area contributed by atoms with E-state index in [0.29, 0.717) is 12.8 Å². The molecule has 0 heterocycles. The highest BCUT2D eigenvalue weighted by atomic mass is 16.5. The van der Waals surface area contributed by atoms with Crippen LogP contribution in [-0.2, 0) is 0 Å². The second kappa shape index (κ2) is 6.35. The van der Waals surface area contributed by atoms with Crippen LogP contribution >= 0.6 is 0 Å². The van der Waals surface area contributed by atoms with Gasteiger partial charge in [0.1, 0.15) is 0 Å². The molecule has 0 bridgehead atoms. The van der Waals surface area contributed by atoms with Gasteiger partial charge in [-0.25, -0.2) is 0 Å². The molecule has 0 radical (unpaired) electrons. The summed E-state index contributed by atoms with van der Waals surface area (Å²) in [6.45, 7) is 3.18. The van der Waals surface area contributed by atoms with Crippen LogP contribution < -0.4 is 0 Å². The van der Waals surface area contributed by atoms with Gasteiger partial charge in [0.2, 0.25) is 0 Å². The SMILES string of the molecule is CC(O)C(C)(O)CCCCCC(O)O. The average molecular weight is 206 g/mol. The first kappa shape index (κ1) is 13.8. The first-order valence-corrected chi connectivity index (χ1v) is 5.13. The smallest absolute Gasteiger partial charge is 0.151 e. The summed E-state index contributed by atoms with van der Waals surface area (Å²) in [5, 5.41) is 36.0. The summed E-state index contributed by atoms with van der Waals surface area (Å²) in [5.74, 6) is 0. The Bertz CT molecular complexity index is 143. The highest BCUT2D eigenvalue weighted by Gasteiger charge is 2.25. The van der Waals surface area contributed by atoms with E-state index in [-0.39, 0.29) is 0 Å². The normalized spacial score (nSPS) is 18.2. The first-order valence-electron chi connectivity index (χ1n) is 5.13. The molecule has 86 valence electrons. The Morgan fingerprint density at radius 1 is 1.07 bits per heavy atom. The van der Waals surface area contributed by atoms with Gasteiger partial charge in [0.25, 0.3) is 0 Å². The summed E-state index contributed by atoms with van der Waals surface area (Å²) < 4.78 is 0. The summed E-state index contributed by atoms with van der Waals surface area (Å²) in [7, 11) is 0. The quantitative estimate of drug-likeness (QED) is 0.358. The van der Waals surface area contributed by atoms with Gasteiger partial charge in [-0.3, -0.25) is 0 Å². The van der Waals surface area contributed by atoms with Gasteiger partial charge in [0.05, 0.1) is 11.7 Å². The third-order valence-corrected chi connectivity index (χ3v) is 2.55. The molecular weight excluding hydrogens is 184 g/mol. The fourth-order valence-corrected chi connectivity index (χ4v) is 1.20. The molecule has 2 atom stereocenters. The zero-order valence-corrected chi connectivity index (χ0v) is 8.98. The van der Waals surface area contributed by atoms with Crippen LogP contribution in [0.15, 0.2) is 0 Å². The molecule has 0 aromatic carbocycles. The lowest BCUT2D eigenvalue weighted by Crippen LogP contribution is -2.36. The Labute approximate surface area is 85.2 Å². The lowest BCUT2D eigenvalue weighted by molar-refractivity contribution is -0.0603. The van der Waals surface area contributed by atoms with Crippen molar-refractivity contribution >= 4 is 0 Å². The van der Waals surface area contributed by atoms with Gasteiger partial charge in [-0.05, 0) is 33.1 Å². The lowest BCUT2D eigenvalue weighted by Gasteiger charge is -2.26. The summed E-state index contributed by atoms with van der Waals surface area (Å²) in [6, 6.07) is 0. The molecule has 0 spiro atoms. The van der Waals surface area contributed by atoms with Crippen LogP contribution in [0.5, 0.6) is 0 Å². The van der Waals surface area contributed by atoms with Crippen LogP contribution in [0, 0.1) is 0 Å². The third kappa shape index (κ3) is 6.32. The molecule has 0 saturated carbocycles. The molecule has 0 aliphatic rings. The summed E-state index contributed by atoms with van der Waals surface area (Å²) in [5.41, 5.74) is -1.03. The van der Waals surface area contributed by atoms with Gasteiger partial charge in [0.15, 0.2) is 6.29 Å². The molecule has 14 heavy (non-hydrogen) atoms. The van der Waals surface area contributed by atoms with Crippen molar-refractivity contribution in [2.45, 2.75) is 63.9 Å². The molecular formula is C10H22O4. The maximum atomic E-state index is 9.65. The largest absolute Gasteiger partial charge is 0.390 e. The summed E-state index contributed by atoms with van der Waals surface area (Å²) in [4.78, 5) is 0. The van der Waals surface area contributed by atoms with E-state index in [4.69, 9.17) is 10.2 Å². The minimum atomic E-state index is -1.23. The molecule has 0 aromatic rings. The molecule has 0 aliphatic carbocycles. The van der Waals surface area contributed by atoms with Gasteiger partial charge in [-0.15, -0.1) is 0 Å². The Morgan fingerprint density at radius 3 is 2.07 bits per heavy atom. The van der Waals surface area contributed by atoms with Gasteiger partial charge < -0.3 is 20.4 Å². The van der Waals surface area contributed by atoms with Crippen molar-refractivity contribution < 1.29 is 20.4 Å². The molecule has 2 unspecified atom stereocenters. The van der Waals surface area contributed by atoms with Crippen molar-refractivity contribution in [2.24, 2.45) is 0 Å². The second-order valence-corrected chi connectivity index (χ2v) is 4.11. The van der Waals surface area contributed by atoms with Crippen LogP contribution in [-0.4, -0.2) is 38.4 Å². The van der Waals surface area contributed by atoms with E-state index >= 15 is 0 Å². The number of hydrogen-bond acceptors (Lipinski definition) is 4. The van der Waals surface area contributed by atoms with Crippen molar-refractivity contribution in [3.8, 4) is 0 Å². The Morgan fingerprint density at radius 2 is 1.64 bits per heavy atom. The predicted molar refractivity (Wildman–Crippen MR) is 53.6 cm³/mol. The van der Waals surface area contributed by atoms with Crippen molar-refractivity contribution in [3.63, 3.8) is 0 Å². The van der Waals surface area contributed by atoms with Gasteiger partial charge in [-0.2, -0.15) is 0 Å². The van der Waals surface area contributed by atoms with Crippen molar-refractivity contribution in [1.82, 2.24) is 0 Å². The fourth-order valence-electron chi connectivity index (χ4n) is 1.20. The maximum Gasteiger partial charge on any atom is 0.151 e. The second-order valence-electron chi connectivity index (χ2n) is 4.11. The van der Waals surface area contributed by atoms with Gasteiger partial charge in [0, 0.05) is 0 Å². The standard InChI is InChI=1S/C10H22O4/c1-8(11)10(2,14)7-5-3-4-6-9(12)13/h8-9,11-14H,3-7H2,1-2H3. The maximum absolute atomic E-state index is 9.65. The Balaban J connectivity index is 3.45. The van der Waals surface area contributed by atoms with Crippen LogP contribution in [0.1, 0.15) is 46.0 Å². The molecule has 0 aliphatic heterocycles. The van der Waals surface area contributed by atoms with Crippen LogP contribution in [0.25, 0.3) is 0 Å². The van der Waals surface area contributed by atoms with Crippen LogP contribution in [0.2, 0.25) is 0 Å². The summed E-state index contributed by atoms with van der Waals surface area (Å²) in [6.07, 6.45) is 1.29. The molecule has 0 rings (SSSR count). The highest BCUT2D eigenvalue weighted by molar-refractivity contribution is 4.77. The topological polar surface area (TPSA) is 80.9 Å². The van der Waals surface area contributed by atoms with Crippen molar-refractivity contribution in [3.05, 3.63) is 0 Å². The van der Waals surface area contributed by atoms with Crippen molar-refractivity contribution in [2.75, 3.05) is 0 Å². The zero-order chi connectivity index (χ0) is 11.2. The number of aliphatic hydroxyl groups excluding tert-OH is 2. The van der Waals surface area contributed by atoms with E-state index in [1.165, 1.54) is 0 Å². The van der Waals surface area contributed by atoms with E-state index in [2.05, 4.69) is 0 Å². The first-order chi connectivity index (χ1) is 6.36. The van der Waals surface area contributed by atoms with E-state index in [1.54, 1.807) is 13.8 Å². The molecule has 0 saturated heterocycles. The molecule has 4 heteroatoms. The summed E-state index contributed by atoms with van der Waals surface area (Å²) >= 11 is 0. The molecule has 4 N–H and O–H groups in total. The zero-order valence-electron chi connectivity index (χ0n) is 8.98. The lowest BCUT2D eigenvalue weighted by atomic mass is 9.93. The molecule has 0 fully saturated rings. The molecule has 0 amide bonds. The monoisotopic (exact) mass is 206 g/mol. The number of rotatable bonds is 7. The number of aliphatic hydroxyl groups is 4. The fraction of sp³-hybridized carbons (Fsp3) is 1.00. The van der Waals surface area contributed by atoms with Crippen molar-refractivity contribution in [1.29, 1.82) is 0 Å². The Hall–Kier alpha value is -0.160. The average Bonchev–Trinajstić information content (AvgIpc) is 2.02. The number of hydrogen-bond donors (Lipinski definition) is 4. The van der Waals surface area contributed by atoms with E-state index in [9.17, 15) is 10.2 Å². The van der Waals surface area contributed by atoms with E-state index in [1.807, 2.05) is 0 Å². The van der Waals surface area contributed by atoms with E-state index in [0.717, 1.165) is 19.3 Å². The Kier molecular flexibility index (Phi) is 6.27. The van der Waals surface area contributed by atoms with Crippen LogP contribution in [0.4, 0.5) is 0 Å². The minimum Gasteiger partial charge on any atom is -0.390 e. The number of unbranched alkanes of at least 4 members (excludes halogenated alkanes) is 2. The van der Waals surface area contributed by atoms with Crippen LogP contribution in [0.3, 0.4) is 0 Å².